The SMILES string of the molecule is CN(C)c1nc(-n2cccn2)nc2cc(F)c(Cc3ccccc3)cc12. The van der Waals surface area contributed by atoms with Crippen molar-refractivity contribution < 1.29 is 4.39 Å². The first-order chi connectivity index (χ1) is 12.6. The number of fused-ring (bicyclic) bond motifs is 1. The summed E-state index contributed by atoms with van der Waals surface area (Å²) in [5.74, 6) is 0.882. The number of benzene rings is 2. The third-order valence-electron chi connectivity index (χ3n) is 4.20. The van der Waals surface area contributed by atoms with Gasteiger partial charge in [-0.05, 0) is 23.3 Å². The predicted octanol–water partition coefficient (Wildman–Crippen LogP) is 3.61. The summed E-state index contributed by atoms with van der Waals surface area (Å²) in [6.07, 6.45) is 3.95. The Hall–Kier alpha value is -3.28. The van der Waals surface area contributed by atoms with E-state index in [1.165, 1.54) is 6.07 Å². The van der Waals surface area contributed by atoms with Crippen LogP contribution in [0.1, 0.15) is 11.1 Å². The molecule has 0 unspecified atom stereocenters. The lowest BCUT2D eigenvalue weighted by Gasteiger charge is -2.16. The Labute approximate surface area is 150 Å². The number of anilines is 1. The van der Waals surface area contributed by atoms with E-state index in [1.807, 2.05) is 55.4 Å². The molecule has 0 amide bonds. The lowest BCUT2D eigenvalue weighted by molar-refractivity contribution is 0.615. The molecule has 0 aliphatic heterocycles. The fraction of sp³-hybridized carbons (Fsp3) is 0.150. The van der Waals surface area contributed by atoms with Crippen LogP contribution in [0, 0.1) is 5.82 Å². The minimum absolute atomic E-state index is 0.267. The number of nitrogens with zero attached hydrogens (tertiary/aromatic N) is 5. The van der Waals surface area contributed by atoms with Gasteiger partial charge in [0.1, 0.15) is 11.6 Å². The van der Waals surface area contributed by atoms with Crippen molar-refractivity contribution in [2.45, 2.75) is 6.42 Å². The highest BCUT2D eigenvalue weighted by atomic mass is 19.1. The molecular weight excluding hydrogens is 329 g/mol. The molecule has 0 saturated heterocycles. The second-order valence-corrected chi connectivity index (χ2v) is 6.32. The van der Waals surface area contributed by atoms with Gasteiger partial charge in [0.05, 0.1) is 5.52 Å². The average molecular weight is 347 g/mol. The fourth-order valence-corrected chi connectivity index (χ4v) is 2.95. The van der Waals surface area contributed by atoms with Crippen molar-refractivity contribution in [3.05, 3.63) is 77.9 Å². The summed E-state index contributed by atoms with van der Waals surface area (Å²) in [5.41, 5.74) is 2.25. The Kier molecular flexibility index (Phi) is 4.08. The van der Waals surface area contributed by atoms with Crippen molar-refractivity contribution in [3.63, 3.8) is 0 Å². The number of rotatable bonds is 4. The molecule has 2 aromatic heterocycles. The zero-order valence-electron chi connectivity index (χ0n) is 14.6. The van der Waals surface area contributed by atoms with Gasteiger partial charge < -0.3 is 4.90 Å². The second-order valence-electron chi connectivity index (χ2n) is 6.32. The molecule has 2 heterocycles. The number of hydrogen-bond donors (Lipinski definition) is 0. The molecule has 26 heavy (non-hydrogen) atoms. The van der Waals surface area contributed by atoms with Crippen LogP contribution < -0.4 is 4.90 Å². The van der Waals surface area contributed by atoms with Crippen LogP contribution in [-0.2, 0) is 6.42 Å². The maximum Gasteiger partial charge on any atom is 0.253 e. The number of hydrogen-bond acceptors (Lipinski definition) is 4. The maximum atomic E-state index is 14.7. The maximum absolute atomic E-state index is 14.7. The molecule has 0 aliphatic carbocycles. The topological polar surface area (TPSA) is 46.8 Å². The minimum atomic E-state index is -0.267. The molecule has 130 valence electrons. The van der Waals surface area contributed by atoms with Gasteiger partial charge >= 0.3 is 0 Å². The third kappa shape index (κ3) is 3.01. The van der Waals surface area contributed by atoms with Crippen LogP contribution in [-0.4, -0.2) is 33.8 Å². The molecule has 0 fully saturated rings. The van der Waals surface area contributed by atoms with E-state index in [2.05, 4.69) is 15.1 Å². The molecule has 4 rings (SSSR count). The van der Waals surface area contributed by atoms with E-state index in [9.17, 15) is 4.39 Å². The van der Waals surface area contributed by atoms with Gasteiger partial charge in [-0.2, -0.15) is 10.1 Å². The Bertz CT molecular complexity index is 1040. The van der Waals surface area contributed by atoms with Crippen LogP contribution in [0.5, 0.6) is 0 Å². The molecule has 0 saturated carbocycles. The summed E-state index contributed by atoms with van der Waals surface area (Å²) >= 11 is 0. The van der Waals surface area contributed by atoms with E-state index in [4.69, 9.17) is 0 Å². The van der Waals surface area contributed by atoms with E-state index in [-0.39, 0.29) is 5.82 Å². The zero-order chi connectivity index (χ0) is 18.1. The lowest BCUT2D eigenvalue weighted by atomic mass is 10.0. The van der Waals surface area contributed by atoms with Crippen molar-refractivity contribution in [1.82, 2.24) is 19.7 Å². The first kappa shape index (κ1) is 16.2. The minimum Gasteiger partial charge on any atom is -0.362 e. The van der Waals surface area contributed by atoms with Gasteiger partial charge in [-0.15, -0.1) is 0 Å². The Morgan fingerprint density at radius 2 is 1.85 bits per heavy atom. The first-order valence-corrected chi connectivity index (χ1v) is 8.33. The fourth-order valence-electron chi connectivity index (χ4n) is 2.95. The van der Waals surface area contributed by atoms with Gasteiger partial charge in [-0.25, -0.2) is 14.1 Å². The summed E-state index contributed by atoms with van der Waals surface area (Å²) in [6.45, 7) is 0. The van der Waals surface area contributed by atoms with Crippen LogP contribution >= 0.6 is 0 Å². The van der Waals surface area contributed by atoms with E-state index in [0.29, 0.717) is 23.4 Å². The molecule has 0 atom stereocenters. The van der Waals surface area contributed by atoms with Gasteiger partial charge in [0, 0.05) is 44.4 Å². The van der Waals surface area contributed by atoms with E-state index < -0.39 is 0 Å². The van der Waals surface area contributed by atoms with Crippen molar-refractivity contribution in [2.75, 3.05) is 19.0 Å². The molecular formula is C20H18FN5. The van der Waals surface area contributed by atoms with Crippen LogP contribution in [0.25, 0.3) is 16.9 Å². The van der Waals surface area contributed by atoms with Gasteiger partial charge in [-0.1, -0.05) is 30.3 Å². The largest absolute Gasteiger partial charge is 0.362 e. The van der Waals surface area contributed by atoms with Crippen molar-refractivity contribution in [2.24, 2.45) is 0 Å². The molecule has 0 aliphatic rings. The van der Waals surface area contributed by atoms with Crippen molar-refractivity contribution >= 4 is 16.7 Å². The molecule has 0 spiro atoms. The average Bonchev–Trinajstić information content (AvgIpc) is 3.17. The highest BCUT2D eigenvalue weighted by molar-refractivity contribution is 5.90. The Morgan fingerprint density at radius 3 is 2.54 bits per heavy atom. The van der Waals surface area contributed by atoms with Crippen LogP contribution in [0.2, 0.25) is 0 Å². The molecule has 4 aromatic rings. The lowest BCUT2D eigenvalue weighted by Crippen LogP contribution is -2.14. The zero-order valence-corrected chi connectivity index (χ0v) is 14.6. The molecule has 0 N–H and O–H groups in total. The summed E-state index contributed by atoms with van der Waals surface area (Å²) in [4.78, 5) is 11.0. The van der Waals surface area contributed by atoms with Gasteiger partial charge in [0.15, 0.2) is 0 Å². The molecule has 2 aromatic carbocycles. The second kappa shape index (κ2) is 6.55. The normalized spacial score (nSPS) is 11.0. The van der Waals surface area contributed by atoms with Crippen molar-refractivity contribution in [1.29, 1.82) is 0 Å². The monoisotopic (exact) mass is 347 g/mol. The third-order valence-corrected chi connectivity index (χ3v) is 4.20. The van der Waals surface area contributed by atoms with E-state index in [0.717, 1.165) is 16.8 Å². The molecule has 6 heteroatoms. The summed E-state index contributed by atoms with van der Waals surface area (Å²) in [6, 6.07) is 15.0. The van der Waals surface area contributed by atoms with Crippen LogP contribution in [0.15, 0.2) is 60.9 Å². The molecule has 5 nitrogen and oxygen atoms in total. The quantitative estimate of drug-likeness (QED) is 0.566. The van der Waals surface area contributed by atoms with Crippen LogP contribution in [0.4, 0.5) is 10.2 Å². The number of halogens is 1. The smallest absolute Gasteiger partial charge is 0.253 e. The Morgan fingerprint density at radius 1 is 1.04 bits per heavy atom. The van der Waals surface area contributed by atoms with Gasteiger partial charge in [0.25, 0.3) is 5.95 Å². The van der Waals surface area contributed by atoms with E-state index in [1.54, 1.807) is 23.1 Å². The molecule has 0 bridgehead atoms. The number of aromatic nitrogens is 4. The Balaban J connectivity index is 1.87. The van der Waals surface area contributed by atoms with E-state index >= 15 is 0 Å². The standard InChI is InChI=1S/C20H18FN5/c1-25(2)19-16-12-15(11-14-7-4-3-5-8-14)17(21)13-18(16)23-20(24-19)26-10-6-9-22-26/h3-10,12-13H,11H2,1-2H3. The molecule has 0 radical (unpaired) electrons. The summed E-state index contributed by atoms with van der Waals surface area (Å²) in [7, 11) is 3.82. The van der Waals surface area contributed by atoms with Gasteiger partial charge in [0.2, 0.25) is 0 Å². The van der Waals surface area contributed by atoms with Crippen LogP contribution in [0.3, 0.4) is 0 Å². The highest BCUT2D eigenvalue weighted by Crippen LogP contribution is 2.27. The predicted molar refractivity (Wildman–Crippen MR) is 100 cm³/mol. The van der Waals surface area contributed by atoms with Crippen molar-refractivity contribution in [3.8, 4) is 5.95 Å². The summed E-state index contributed by atoms with van der Waals surface area (Å²) in [5, 5.41) is 4.99. The highest BCUT2D eigenvalue weighted by Gasteiger charge is 2.15. The van der Waals surface area contributed by atoms with Gasteiger partial charge in [-0.3, -0.25) is 0 Å². The first-order valence-electron chi connectivity index (χ1n) is 8.33. The summed E-state index contributed by atoms with van der Waals surface area (Å²) < 4.78 is 16.3.